The van der Waals surface area contributed by atoms with Crippen LogP contribution in [0.2, 0.25) is 0 Å². The van der Waals surface area contributed by atoms with Crippen molar-refractivity contribution in [1.29, 1.82) is 0 Å². The number of rotatable bonds is 5. The van der Waals surface area contributed by atoms with E-state index in [1.54, 1.807) is 19.1 Å². The first-order valence-electron chi connectivity index (χ1n) is 6.81. The second-order valence-electron chi connectivity index (χ2n) is 4.80. The first-order valence-corrected chi connectivity index (χ1v) is 6.81. The first-order chi connectivity index (χ1) is 10.5. The Bertz CT molecular complexity index is 713. The van der Waals surface area contributed by atoms with E-state index in [4.69, 9.17) is 0 Å². The number of halogens is 1. The number of benzene rings is 1. The van der Waals surface area contributed by atoms with Crippen molar-refractivity contribution in [1.82, 2.24) is 15.3 Å². The van der Waals surface area contributed by atoms with Crippen LogP contribution in [0.3, 0.4) is 0 Å². The summed E-state index contributed by atoms with van der Waals surface area (Å²) in [5.74, 6) is 0.0267. The van der Waals surface area contributed by atoms with E-state index in [1.165, 1.54) is 12.1 Å². The second-order valence-corrected chi connectivity index (χ2v) is 4.80. The SMILES string of the molecule is CC[C@@H](NC(=O)c1cc(=O)[nH]c(C)n1)c1ccc(OF)cc1. The Morgan fingerprint density at radius 2 is 2.09 bits per heavy atom. The van der Waals surface area contributed by atoms with Crippen molar-refractivity contribution in [2.24, 2.45) is 0 Å². The van der Waals surface area contributed by atoms with Crippen LogP contribution in [0.1, 0.15) is 41.3 Å². The third-order valence-corrected chi connectivity index (χ3v) is 3.18. The zero-order valence-electron chi connectivity index (χ0n) is 12.2. The van der Waals surface area contributed by atoms with E-state index in [-0.39, 0.29) is 23.0 Å². The molecule has 0 aliphatic carbocycles. The maximum absolute atomic E-state index is 12.2. The van der Waals surface area contributed by atoms with Gasteiger partial charge in [0.2, 0.25) is 0 Å². The fraction of sp³-hybridized carbons (Fsp3) is 0.267. The van der Waals surface area contributed by atoms with Crippen LogP contribution < -0.4 is 15.8 Å². The van der Waals surface area contributed by atoms with Gasteiger partial charge >= 0.3 is 0 Å². The van der Waals surface area contributed by atoms with E-state index in [1.807, 2.05) is 6.92 Å². The lowest BCUT2D eigenvalue weighted by molar-refractivity contribution is -0.00623. The topological polar surface area (TPSA) is 84.1 Å². The van der Waals surface area contributed by atoms with Crippen LogP contribution >= 0.6 is 0 Å². The van der Waals surface area contributed by atoms with E-state index >= 15 is 0 Å². The number of amides is 1. The highest BCUT2D eigenvalue weighted by atomic mass is 19.3. The number of aromatic amines is 1. The number of carbonyl (C=O) groups is 1. The van der Waals surface area contributed by atoms with Crippen molar-refractivity contribution < 1.29 is 14.3 Å². The zero-order chi connectivity index (χ0) is 16.1. The molecule has 0 fully saturated rings. The van der Waals surface area contributed by atoms with Crippen molar-refractivity contribution in [2.75, 3.05) is 0 Å². The number of aryl methyl sites for hydroxylation is 1. The fourth-order valence-corrected chi connectivity index (χ4v) is 2.10. The molecular weight excluding hydrogens is 289 g/mol. The molecule has 0 unspecified atom stereocenters. The van der Waals surface area contributed by atoms with Crippen LogP contribution in [0.5, 0.6) is 5.75 Å². The molecule has 0 aliphatic heterocycles. The third-order valence-electron chi connectivity index (χ3n) is 3.18. The molecule has 2 N–H and O–H groups in total. The maximum atomic E-state index is 12.2. The van der Waals surface area contributed by atoms with Crippen molar-refractivity contribution in [2.45, 2.75) is 26.3 Å². The van der Waals surface area contributed by atoms with Gasteiger partial charge in [0.15, 0.2) is 5.75 Å². The van der Waals surface area contributed by atoms with Crippen LogP contribution in [0.25, 0.3) is 0 Å². The average Bonchev–Trinajstić information content (AvgIpc) is 2.51. The van der Waals surface area contributed by atoms with Crippen molar-refractivity contribution >= 4 is 5.91 Å². The number of carbonyl (C=O) groups excluding carboxylic acids is 1. The van der Waals surface area contributed by atoms with E-state index in [0.29, 0.717) is 12.2 Å². The number of nitrogens with one attached hydrogen (secondary N) is 2. The van der Waals surface area contributed by atoms with Crippen LogP contribution in [0, 0.1) is 6.92 Å². The smallest absolute Gasteiger partial charge is 0.270 e. The Hall–Kier alpha value is -2.70. The summed E-state index contributed by atoms with van der Waals surface area (Å²) in [4.78, 5) is 33.7. The fourth-order valence-electron chi connectivity index (χ4n) is 2.10. The van der Waals surface area contributed by atoms with Gasteiger partial charge in [0.1, 0.15) is 11.5 Å². The van der Waals surface area contributed by atoms with E-state index < -0.39 is 5.91 Å². The van der Waals surface area contributed by atoms with Gasteiger partial charge in [-0.05, 0) is 31.0 Å². The summed E-state index contributed by atoms with van der Waals surface area (Å²) >= 11 is 0. The van der Waals surface area contributed by atoms with Gasteiger partial charge in [0.05, 0.1) is 6.04 Å². The van der Waals surface area contributed by atoms with Crippen LogP contribution in [-0.4, -0.2) is 15.9 Å². The van der Waals surface area contributed by atoms with Gasteiger partial charge in [-0.25, -0.2) is 4.98 Å². The highest BCUT2D eigenvalue weighted by Gasteiger charge is 2.16. The van der Waals surface area contributed by atoms with Gasteiger partial charge in [-0.1, -0.05) is 19.1 Å². The third kappa shape index (κ3) is 3.69. The van der Waals surface area contributed by atoms with E-state index in [9.17, 15) is 14.1 Å². The number of H-pyrrole nitrogens is 1. The van der Waals surface area contributed by atoms with E-state index in [0.717, 1.165) is 11.6 Å². The van der Waals surface area contributed by atoms with Crippen molar-refractivity contribution in [3.63, 3.8) is 0 Å². The Balaban J connectivity index is 2.18. The molecule has 0 saturated heterocycles. The van der Waals surface area contributed by atoms with Crippen LogP contribution in [0.15, 0.2) is 35.1 Å². The van der Waals surface area contributed by atoms with Crippen molar-refractivity contribution in [3.8, 4) is 5.75 Å². The summed E-state index contributed by atoms with van der Waals surface area (Å²) < 4.78 is 12.0. The average molecular weight is 305 g/mol. The highest BCUT2D eigenvalue weighted by Crippen LogP contribution is 2.20. The molecule has 2 aromatic rings. The highest BCUT2D eigenvalue weighted by molar-refractivity contribution is 5.92. The molecule has 116 valence electrons. The minimum Gasteiger partial charge on any atom is -0.344 e. The molecule has 0 spiro atoms. The predicted molar refractivity (Wildman–Crippen MR) is 78.3 cm³/mol. The Labute approximate surface area is 126 Å². The lowest BCUT2D eigenvalue weighted by atomic mass is 10.0. The van der Waals surface area contributed by atoms with Gasteiger partial charge in [0.25, 0.3) is 11.5 Å². The molecular formula is C15H16FN3O3. The number of hydrogen-bond acceptors (Lipinski definition) is 4. The Kier molecular flexibility index (Phi) is 4.88. The molecule has 0 saturated carbocycles. The van der Waals surface area contributed by atoms with Gasteiger partial charge in [0, 0.05) is 10.6 Å². The molecule has 7 heteroatoms. The van der Waals surface area contributed by atoms with Gasteiger partial charge in [-0.2, -0.15) is 0 Å². The lowest BCUT2D eigenvalue weighted by Gasteiger charge is -2.17. The number of nitrogens with zero attached hydrogens (tertiary/aromatic N) is 1. The number of hydrogen-bond donors (Lipinski definition) is 2. The van der Waals surface area contributed by atoms with Gasteiger partial charge in [-0.3, -0.25) is 14.5 Å². The Morgan fingerprint density at radius 3 is 2.64 bits per heavy atom. The summed E-state index contributed by atoms with van der Waals surface area (Å²) in [6.45, 7) is 3.51. The van der Waals surface area contributed by atoms with Crippen LogP contribution in [-0.2, 0) is 0 Å². The van der Waals surface area contributed by atoms with Crippen molar-refractivity contribution in [3.05, 3.63) is 57.8 Å². The largest absolute Gasteiger partial charge is 0.344 e. The molecule has 1 aromatic carbocycles. The second kappa shape index (κ2) is 6.84. The van der Waals surface area contributed by atoms with Crippen LogP contribution in [0.4, 0.5) is 4.53 Å². The van der Waals surface area contributed by atoms with Gasteiger partial charge < -0.3 is 10.3 Å². The summed E-state index contributed by atoms with van der Waals surface area (Å²) in [5.41, 5.74) is 0.483. The molecule has 0 aliphatic rings. The minimum atomic E-state index is -0.438. The summed E-state index contributed by atoms with van der Waals surface area (Å²) in [6.07, 6.45) is 0.629. The monoisotopic (exact) mass is 305 g/mol. The molecule has 22 heavy (non-hydrogen) atoms. The molecule has 6 nitrogen and oxygen atoms in total. The van der Waals surface area contributed by atoms with E-state index in [2.05, 4.69) is 20.2 Å². The standard InChI is InChI=1S/C15H16FN3O3/c1-3-12(10-4-6-11(22-16)7-5-10)19-15(21)13-8-14(20)18-9(2)17-13/h4-8,12H,3H2,1-2H3,(H,19,21)(H,17,18,20)/t12-/m1/s1. The molecule has 1 aromatic heterocycles. The quantitative estimate of drug-likeness (QED) is 0.887. The first kappa shape index (κ1) is 15.7. The number of aromatic nitrogens is 2. The minimum absolute atomic E-state index is 0.0587. The lowest BCUT2D eigenvalue weighted by Crippen LogP contribution is -2.30. The molecule has 1 amide bonds. The summed E-state index contributed by atoms with van der Waals surface area (Å²) in [5, 5.41) is 2.80. The summed E-state index contributed by atoms with van der Waals surface area (Å²) in [6, 6.07) is 7.15. The molecule has 0 bridgehead atoms. The Morgan fingerprint density at radius 1 is 1.41 bits per heavy atom. The molecule has 1 heterocycles. The summed E-state index contributed by atoms with van der Waals surface area (Å²) in [7, 11) is 0. The molecule has 0 radical (unpaired) electrons. The zero-order valence-corrected chi connectivity index (χ0v) is 12.2. The molecule has 1 atom stereocenters. The maximum Gasteiger partial charge on any atom is 0.270 e. The normalized spacial score (nSPS) is 11.8. The van der Waals surface area contributed by atoms with Gasteiger partial charge in [-0.15, -0.1) is 0 Å². The predicted octanol–water partition coefficient (Wildman–Crippen LogP) is 2.22. The molecule has 2 rings (SSSR count).